The molecule has 0 spiro atoms. The first-order valence-electron chi connectivity index (χ1n) is 9.92. The quantitative estimate of drug-likeness (QED) is 0.824. The van der Waals surface area contributed by atoms with E-state index in [4.69, 9.17) is 11.6 Å². The molecule has 2 amide bonds. The average molecular weight is 401 g/mol. The van der Waals surface area contributed by atoms with Crippen molar-refractivity contribution in [3.05, 3.63) is 47.1 Å². The molecule has 6 nitrogen and oxygen atoms in total. The Hall–Kier alpha value is -2.34. The fourth-order valence-electron chi connectivity index (χ4n) is 3.90. The van der Waals surface area contributed by atoms with Gasteiger partial charge < -0.3 is 10.2 Å². The van der Waals surface area contributed by atoms with Gasteiger partial charge in [0.15, 0.2) is 0 Å². The van der Waals surface area contributed by atoms with Gasteiger partial charge in [-0.3, -0.25) is 9.59 Å². The third-order valence-electron chi connectivity index (χ3n) is 5.78. The number of nitrogens with one attached hydrogen (secondary N) is 1. The molecule has 1 saturated heterocycles. The predicted molar refractivity (Wildman–Crippen MR) is 108 cm³/mol. The zero-order valence-electron chi connectivity index (χ0n) is 16.0. The van der Waals surface area contributed by atoms with E-state index in [9.17, 15) is 9.59 Å². The maximum absolute atomic E-state index is 12.9. The second-order valence-electron chi connectivity index (χ2n) is 7.83. The number of piperidine rings is 1. The number of carbonyl (C=O) groups excluding carboxylic acids is 2. The lowest BCUT2D eigenvalue weighted by Crippen LogP contribution is -2.44. The van der Waals surface area contributed by atoms with Gasteiger partial charge in [-0.2, -0.15) is 5.10 Å². The van der Waals surface area contributed by atoms with Gasteiger partial charge in [0.25, 0.3) is 5.91 Å². The molecule has 1 aromatic carbocycles. The van der Waals surface area contributed by atoms with E-state index in [2.05, 4.69) is 17.3 Å². The molecule has 1 N–H and O–H groups in total. The van der Waals surface area contributed by atoms with Gasteiger partial charge in [-0.1, -0.05) is 11.6 Å². The van der Waals surface area contributed by atoms with Crippen LogP contribution in [-0.2, 0) is 4.79 Å². The van der Waals surface area contributed by atoms with Crippen LogP contribution in [0, 0.1) is 11.8 Å². The Morgan fingerprint density at radius 3 is 2.64 bits per heavy atom. The monoisotopic (exact) mass is 400 g/mol. The highest BCUT2D eigenvalue weighted by molar-refractivity contribution is 6.30. The average Bonchev–Trinajstić information content (AvgIpc) is 3.47. The van der Waals surface area contributed by atoms with Crippen LogP contribution in [0.1, 0.15) is 49.0 Å². The number of aromatic nitrogens is 2. The van der Waals surface area contributed by atoms with E-state index in [0.717, 1.165) is 18.7 Å². The highest BCUT2D eigenvalue weighted by Gasteiger charge is 2.32. The molecule has 1 aromatic heterocycles. The van der Waals surface area contributed by atoms with Crippen molar-refractivity contribution in [1.29, 1.82) is 0 Å². The normalized spacial score (nSPS) is 20.6. The molecule has 28 heavy (non-hydrogen) atoms. The number of hydrogen-bond acceptors (Lipinski definition) is 3. The number of hydrogen-bond donors (Lipinski definition) is 1. The maximum atomic E-state index is 12.9. The Kier molecular flexibility index (Phi) is 5.40. The molecule has 2 aromatic rings. The highest BCUT2D eigenvalue weighted by atomic mass is 35.5. The van der Waals surface area contributed by atoms with Gasteiger partial charge in [-0.25, -0.2) is 4.68 Å². The standard InChI is InChI=1S/C21H25ClN4O2/c1-14(15-4-5-15)26-19(10-11-23-26)24-20(27)17-3-2-12-25(13-17)21(28)16-6-8-18(22)9-7-16/h6-11,14-15,17H,2-5,12-13H2,1H3,(H,24,27). The number of likely N-dealkylation sites (tertiary alicyclic amines) is 1. The van der Waals surface area contributed by atoms with Crippen molar-refractivity contribution in [2.75, 3.05) is 18.4 Å². The Labute approximate surface area is 169 Å². The first-order chi connectivity index (χ1) is 13.5. The third-order valence-corrected chi connectivity index (χ3v) is 6.03. The highest BCUT2D eigenvalue weighted by Crippen LogP contribution is 2.40. The summed E-state index contributed by atoms with van der Waals surface area (Å²) in [6, 6.07) is 9.02. The van der Waals surface area contributed by atoms with Crippen LogP contribution in [0.5, 0.6) is 0 Å². The molecule has 2 aliphatic rings. The molecule has 148 valence electrons. The molecular formula is C21H25ClN4O2. The summed E-state index contributed by atoms with van der Waals surface area (Å²) in [6.07, 6.45) is 5.76. The second-order valence-corrected chi connectivity index (χ2v) is 8.26. The molecule has 2 atom stereocenters. The number of nitrogens with zero attached hydrogens (tertiary/aromatic N) is 3. The van der Waals surface area contributed by atoms with E-state index >= 15 is 0 Å². The summed E-state index contributed by atoms with van der Waals surface area (Å²) in [5, 5.41) is 8.03. The van der Waals surface area contributed by atoms with E-state index in [1.54, 1.807) is 35.4 Å². The molecule has 1 aliphatic heterocycles. The summed E-state index contributed by atoms with van der Waals surface area (Å²) >= 11 is 5.91. The SMILES string of the molecule is CC(C1CC1)n1nccc1NC(=O)C1CCCN(C(=O)c2ccc(Cl)cc2)C1. The third kappa shape index (κ3) is 4.07. The minimum Gasteiger partial charge on any atom is -0.338 e. The zero-order valence-corrected chi connectivity index (χ0v) is 16.7. The fourth-order valence-corrected chi connectivity index (χ4v) is 4.02. The van der Waals surface area contributed by atoms with Crippen LogP contribution in [0.3, 0.4) is 0 Å². The summed E-state index contributed by atoms with van der Waals surface area (Å²) < 4.78 is 1.91. The first-order valence-corrected chi connectivity index (χ1v) is 10.3. The van der Waals surface area contributed by atoms with E-state index in [-0.39, 0.29) is 17.7 Å². The lowest BCUT2D eigenvalue weighted by molar-refractivity contribution is -0.121. The van der Waals surface area contributed by atoms with Crippen molar-refractivity contribution in [3.8, 4) is 0 Å². The van der Waals surface area contributed by atoms with Crippen LogP contribution in [0.2, 0.25) is 5.02 Å². The number of rotatable bonds is 5. The summed E-state index contributed by atoms with van der Waals surface area (Å²) in [5.74, 6) is 1.08. The molecule has 1 aliphatic carbocycles. The Morgan fingerprint density at radius 2 is 1.93 bits per heavy atom. The van der Waals surface area contributed by atoms with Crippen LogP contribution in [0.4, 0.5) is 5.82 Å². The van der Waals surface area contributed by atoms with Crippen LogP contribution < -0.4 is 5.32 Å². The molecule has 2 fully saturated rings. The number of benzene rings is 1. The molecule has 2 unspecified atom stereocenters. The van der Waals surface area contributed by atoms with E-state index in [1.807, 2.05) is 10.7 Å². The molecular weight excluding hydrogens is 376 g/mol. The smallest absolute Gasteiger partial charge is 0.253 e. The maximum Gasteiger partial charge on any atom is 0.253 e. The largest absolute Gasteiger partial charge is 0.338 e. The van der Waals surface area contributed by atoms with Crippen molar-refractivity contribution < 1.29 is 9.59 Å². The van der Waals surface area contributed by atoms with Gasteiger partial charge in [0.2, 0.25) is 5.91 Å². The molecule has 1 saturated carbocycles. The zero-order chi connectivity index (χ0) is 19.7. The topological polar surface area (TPSA) is 67.2 Å². The van der Waals surface area contributed by atoms with Crippen LogP contribution >= 0.6 is 11.6 Å². The summed E-state index contributed by atoms with van der Waals surface area (Å²) in [4.78, 5) is 27.4. The Bertz CT molecular complexity index is 860. The molecule has 0 bridgehead atoms. The number of halogens is 1. The molecule has 7 heteroatoms. The lowest BCUT2D eigenvalue weighted by atomic mass is 9.96. The van der Waals surface area contributed by atoms with Crippen molar-refractivity contribution >= 4 is 29.2 Å². The van der Waals surface area contributed by atoms with E-state index in [1.165, 1.54) is 12.8 Å². The molecule has 2 heterocycles. The molecule has 0 radical (unpaired) electrons. The van der Waals surface area contributed by atoms with Crippen LogP contribution in [-0.4, -0.2) is 39.6 Å². The van der Waals surface area contributed by atoms with Crippen molar-refractivity contribution in [2.45, 2.75) is 38.6 Å². The molecule has 4 rings (SSSR count). The van der Waals surface area contributed by atoms with Crippen molar-refractivity contribution in [1.82, 2.24) is 14.7 Å². The summed E-state index contributed by atoms with van der Waals surface area (Å²) in [6.45, 7) is 3.24. The Balaban J connectivity index is 1.40. The van der Waals surface area contributed by atoms with Gasteiger partial charge >= 0.3 is 0 Å². The van der Waals surface area contributed by atoms with Crippen LogP contribution in [0.15, 0.2) is 36.5 Å². The first kappa shape index (κ1) is 19.0. The van der Waals surface area contributed by atoms with Gasteiger partial charge in [-0.05, 0) is 62.8 Å². The Morgan fingerprint density at radius 1 is 1.18 bits per heavy atom. The summed E-state index contributed by atoms with van der Waals surface area (Å²) in [5.41, 5.74) is 0.599. The number of amides is 2. The van der Waals surface area contributed by atoms with Crippen molar-refractivity contribution in [3.63, 3.8) is 0 Å². The van der Waals surface area contributed by atoms with E-state index < -0.39 is 0 Å². The number of carbonyl (C=O) groups is 2. The van der Waals surface area contributed by atoms with E-state index in [0.29, 0.717) is 35.6 Å². The fraction of sp³-hybridized carbons (Fsp3) is 0.476. The van der Waals surface area contributed by atoms with Crippen molar-refractivity contribution in [2.24, 2.45) is 11.8 Å². The van der Waals surface area contributed by atoms with Gasteiger partial charge in [0, 0.05) is 29.7 Å². The van der Waals surface area contributed by atoms with Gasteiger partial charge in [0.05, 0.1) is 18.2 Å². The summed E-state index contributed by atoms with van der Waals surface area (Å²) in [7, 11) is 0. The predicted octanol–water partition coefficient (Wildman–Crippen LogP) is 4.00. The minimum atomic E-state index is -0.218. The lowest BCUT2D eigenvalue weighted by Gasteiger charge is -2.32. The number of anilines is 1. The van der Waals surface area contributed by atoms with Crippen LogP contribution in [0.25, 0.3) is 0 Å². The van der Waals surface area contributed by atoms with Gasteiger partial charge in [0.1, 0.15) is 5.82 Å². The second kappa shape index (κ2) is 7.95. The minimum absolute atomic E-state index is 0.0432. The van der Waals surface area contributed by atoms with Gasteiger partial charge in [-0.15, -0.1) is 0 Å².